The Balaban J connectivity index is 2.19. The van der Waals surface area contributed by atoms with Gasteiger partial charge in [-0.3, -0.25) is 9.36 Å². The molecule has 3 heteroatoms. The van der Waals surface area contributed by atoms with Gasteiger partial charge in [0.25, 0.3) is 0 Å². The van der Waals surface area contributed by atoms with Crippen molar-refractivity contribution < 1.29 is 4.79 Å². The van der Waals surface area contributed by atoms with Crippen molar-refractivity contribution in [1.82, 2.24) is 4.57 Å². The van der Waals surface area contributed by atoms with Gasteiger partial charge in [-0.15, -0.1) is 11.8 Å². The molecule has 1 aliphatic rings. The maximum absolute atomic E-state index is 12.2. The second-order valence-corrected chi connectivity index (χ2v) is 6.00. The second kappa shape index (κ2) is 4.25. The molecule has 98 valence electrons. The number of hydrogen-bond acceptors (Lipinski definition) is 2. The Bertz CT molecular complexity index is 847. The number of carbonyl (C=O) groups is 1. The first-order valence-electron chi connectivity index (χ1n) is 6.63. The molecular formula is C17H13NOS. The predicted octanol–water partition coefficient (Wildman–Crippen LogP) is 4.57. The highest BCUT2D eigenvalue weighted by atomic mass is 32.2. The molecule has 4 rings (SSSR count). The van der Waals surface area contributed by atoms with Gasteiger partial charge >= 0.3 is 0 Å². The molecule has 0 bridgehead atoms. The third kappa shape index (κ3) is 1.50. The van der Waals surface area contributed by atoms with Gasteiger partial charge in [0.05, 0.1) is 11.2 Å². The summed E-state index contributed by atoms with van der Waals surface area (Å²) in [6.07, 6.45) is 0. The summed E-state index contributed by atoms with van der Waals surface area (Å²) in [5, 5.41) is 1.19. The van der Waals surface area contributed by atoms with Crippen LogP contribution in [-0.4, -0.2) is 10.5 Å². The molecule has 2 nitrogen and oxygen atoms in total. The van der Waals surface area contributed by atoms with E-state index < -0.39 is 0 Å². The molecule has 0 amide bonds. The first-order chi connectivity index (χ1) is 9.77. The minimum absolute atomic E-state index is 0.0733. The Morgan fingerprint density at radius 2 is 1.85 bits per heavy atom. The van der Waals surface area contributed by atoms with Crippen LogP contribution < -0.4 is 0 Å². The number of aromatic nitrogens is 1. The molecule has 2 aromatic carbocycles. The molecule has 1 aromatic heterocycles. The highest BCUT2D eigenvalue weighted by Crippen LogP contribution is 2.45. The lowest BCUT2D eigenvalue weighted by atomic mass is 10.1. The van der Waals surface area contributed by atoms with Crippen molar-refractivity contribution in [3.63, 3.8) is 0 Å². The summed E-state index contributed by atoms with van der Waals surface area (Å²) in [6, 6.07) is 16.5. The summed E-state index contributed by atoms with van der Waals surface area (Å²) in [7, 11) is 0. The van der Waals surface area contributed by atoms with Gasteiger partial charge in [-0.1, -0.05) is 36.4 Å². The van der Waals surface area contributed by atoms with E-state index in [1.807, 2.05) is 40.6 Å². The summed E-state index contributed by atoms with van der Waals surface area (Å²) in [4.78, 5) is 13.4. The second-order valence-electron chi connectivity index (χ2n) is 4.98. The third-order valence-electron chi connectivity index (χ3n) is 3.81. The molecule has 0 saturated heterocycles. The average molecular weight is 279 g/mol. The van der Waals surface area contributed by atoms with Crippen molar-refractivity contribution in [2.24, 2.45) is 0 Å². The van der Waals surface area contributed by atoms with Crippen LogP contribution in [0, 0.1) is 0 Å². The van der Waals surface area contributed by atoms with Gasteiger partial charge in [0.1, 0.15) is 0 Å². The first kappa shape index (κ1) is 11.8. The number of hydrogen-bond donors (Lipinski definition) is 0. The van der Waals surface area contributed by atoms with Crippen LogP contribution in [-0.2, 0) is 5.75 Å². The van der Waals surface area contributed by atoms with Gasteiger partial charge in [-0.05, 0) is 17.7 Å². The van der Waals surface area contributed by atoms with Crippen LogP contribution in [0.2, 0.25) is 0 Å². The Kier molecular flexibility index (Phi) is 2.51. The molecule has 0 unspecified atom stereocenters. The molecule has 0 spiro atoms. The first-order valence-corrected chi connectivity index (χ1v) is 7.61. The lowest BCUT2D eigenvalue weighted by Gasteiger charge is -2.18. The van der Waals surface area contributed by atoms with Crippen LogP contribution in [0.1, 0.15) is 17.3 Å². The fourth-order valence-electron chi connectivity index (χ4n) is 3.00. The van der Waals surface area contributed by atoms with Crippen molar-refractivity contribution >= 4 is 28.6 Å². The molecule has 20 heavy (non-hydrogen) atoms. The molecule has 0 atom stereocenters. The van der Waals surface area contributed by atoms with E-state index in [1.165, 1.54) is 21.4 Å². The van der Waals surface area contributed by atoms with E-state index in [-0.39, 0.29) is 5.91 Å². The molecule has 0 radical (unpaired) electrons. The fraction of sp³-hybridized carbons (Fsp3) is 0.118. The standard InChI is InChI=1S/C17H13NOS/c1-11(19)18-15-8-4-2-6-12(15)14-10-20-16-9-5-3-7-13(16)17(14)18/h2-9H,10H2,1H3. The number of thioether (sulfide) groups is 1. The van der Waals surface area contributed by atoms with E-state index in [9.17, 15) is 4.79 Å². The molecule has 3 aromatic rings. The smallest absolute Gasteiger partial charge is 0.228 e. The molecule has 0 N–H and O–H groups in total. The van der Waals surface area contributed by atoms with E-state index in [0.29, 0.717) is 0 Å². The van der Waals surface area contributed by atoms with Gasteiger partial charge in [0.2, 0.25) is 5.91 Å². The molecular weight excluding hydrogens is 266 g/mol. The summed E-state index contributed by atoms with van der Waals surface area (Å²) in [5.41, 5.74) is 4.54. The molecule has 0 fully saturated rings. The van der Waals surface area contributed by atoms with E-state index in [2.05, 4.69) is 24.3 Å². The monoisotopic (exact) mass is 279 g/mol. The number of para-hydroxylation sites is 1. The Morgan fingerprint density at radius 1 is 1.10 bits per heavy atom. The van der Waals surface area contributed by atoms with Gasteiger partial charge in [0, 0.05) is 28.5 Å². The lowest BCUT2D eigenvalue weighted by Crippen LogP contribution is -2.09. The normalized spacial score (nSPS) is 13.1. The summed E-state index contributed by atoms with van der Waals surface area (Å²) >= 11 is 1.85. The summed E-state index contributed by atoms with van der Waals surface area (Å²) in [5.74, 6) is 0.997. The Labute approximate surface area is 121 Å². The van der Waals surface area contributed by atoms with Gasteiger partial charge in [-0.25, -0.2) is 0 Å². The summed E-state index contributed by atoms with van der Waals surface area (Å²) in [6.45, 7) is 1.64. The minimum atomic E-state index is 0.0733. The number of carbonyl (C=O) groups excluding carboxylic acids is 1. The van der Waals surface area contributed by atoms with E-state index in [0.717, 1.165) is 17.0 Å². The van der Waals surface area contributed by atoms with Gasteiger partial charge in [0.15, 0.2) is 0 Å². The van der Waals surface area contributed by atoms with Crippen LogP contribution in [0.4, 0.5) is 0 Å². The minimum Gasteiger partial charge on any atom is -0.280 e. The number of rotatable bonds is 0. The topological polar surface area (TPSA) is 22.0 Å². The quantitative estimate of drug-likeness (QED) is 0.601. The van der Waals surface area contributed by atoms with Crippen molar-refractivity contribution in [3.8, 4) is 11.3 Å². The lowest BCUT2D eigenvalue weighted by molar-refractivity contribution is 0.0943. The number of nitrogens with zero attached hydrogens (tertiary/aromatic N) is 1. The van der Waals surface area contributed by atoms with Crippen LogP contribution >= 0.6 is 11.8 Å². The Morgan fingerprint density at radius 3 is 2.70 bits per heavy atom. The van der Waals surface area contributed by atoms with Crippen molar-refractivity contribution in [2.75, 3.05) is 0 Å². The van der Waals surface area contributed by atoms with E-state index in [1.54, 1.807) is 6.92 Å². The van der Waals surface area contributed by atoms with Crippen LogP contribution in [0.25, 0.3) is 22.2 Å². The molecule has 2 heterocycles. The highest BCUT2D eigenvalue weighted by Gasteiger charge is 2.25. The third-order valence-corrected chi connectivity index (χ3v) is 4.91. The zero-order valence-corrected chi connectivity index (χ0v) is 11.9. The van der Waals surface area contributed by atoms with E-state index in [4.69, 9.17) is 0 Å². The zero-order valence-electron chi connectivity index (χ0n) is 11.1. The molecule has 0 aliphatic carbocycles. The van der Waals surface area contributed by atoms with Crippen molar-refractivity contribution in [2.45, 2.75) is 17.6 Å². The van der Waals surface area contributed by atoms with Gasteiger partial charge in [-0.2, -0.15) is 0 Å². The van der Waals surface area contributed by atoms with Crippen LogP contribution in [0.5, 0.6) is 0 Å². The Hall–Kier alpha value is -2.00. The van der Waals surface area contributed by atoms with Crippen LogP contribution in [0.15, 0.2) is 53.4 Å². The fourth-order valence-corrected chi connectivity index (χ4v) is 4.09. The maximum Gasteiger partial charge on any atom is 0.228 e. The van der Waals surface area contributed by atoms with Crippen LogP contribution in [0.3, 0.4) is 0 Å². The maximum atomic E-state index is 12.2. The summed E-state index contributed by atoms with van der Waals surface area (Å²) < 4.78 is 1.86. The number of benzene rings is 2. The zero-order chi connectivity index (χ0) is 13.7. The molecule has 0 saturated carbocycles. The van der Waals surface area contributed by atoms with E-state index >= 15 is 0 Å². The average Bonchev–Trinajstić information content (AvgIpc) is 2.82. The largest absolute Gasteiger partial charge is 0.280 e. The highest BCUT2D eigenvalue weighted by molar-refractivity contribution is 7.98. The molecule has 1 aliphatic heterocycles. The van der Waals surface area contributed by atoms with Gasteiger partial charge < -0.3 is 0 Å². The van der Waals surface area contributed by atoms with Crippen molar-refractivity contribution in [3.05, 3.63) is 54.1 Å². The number of fused-ring (bicyclic) bond motifs is 5. The van der Waals surface area contributed by atoms with Crippen molar-refractivity contribution in [1.29, 1.82) is 0 Å². The predicted molar refractivity (Wildman–Crippen MR) is 83.2 cm³/mol. The SMILES string of the molecule is CC(=O)n1c2c(c3ccccc31)CSc1ccccc1-2.